The van der Waals surface area contributed by atoms with Gasteiger partial charge in [-0.15, -0.1) is 0 Å². The molecule has 0 spiro atoms. The van der Waals surface area contributed by atoms with Crippen molar-refractivity contribution in [2.45, 2.75) is 13.5 Å². The Labute approximate surface area is 70.3 Å². The van der Waals surface area contributed by atoms with Crippen LogP contribution < -0.4 is 11.1 Å². The molecule has 1 aromatic heterocycles. The summed E-state index contributed by atoms with van der Waals surface area (Å²) in [5, 5.41) is 8.99. The quantitative estimate of drug-likeness (QED) is 0.575. The lowest BCUT2D eigenvalue weighted by Gasteiger charge is -2.00. The SMILES string of the molecule is CCNC(=O)c1[nH]ncc1CN. The van der Waals surface area contributed by atoms with Crippen LogP contribution in [0.25, 0.3) is 0 Å². The van der Waals surface area contributed by atoms with E-state index in [-0.39, 0.29) is 5.91 Å². The summed E-state index contributed by atoms with van der Waals surface area (Å²) in [5.41, 5.74) is 6.58. The Balaban J connectivity index is 2.79. The number of amides is 1. The molecule has 0 unspecified atom stereocenters. The molecule has 12 heavy (non-hydrogen) atoms. The molecular weight excluding hydrogens is 156 g/mol. The van der Waals surface area contributed by atoms with Crippen molar-refractivity contribution in [3.05, 3.63) is 17.5 Å². The molecule has 4 N–H and O–H groups in total. The van der Waals surface area contributed by atoms with Gasteiger partial charge >= 0.3 is 0 Å². The molecule has 0 fully saturated rings. The Hall–Kier alpha value is -1.36. The first kappa shape index (κ1) is 8.73. The number of aromatic amines is 1. The van der Waals surface area contributed by atoms with Crippen molar-refractivity contribution in [2.24, 2.45) is 5.73 Å². The number of rotatable bonds is 3. The fourth-order valence-corrected chi connectivity index (χ4v) is 0.911. The number of hydrogen-bond acceptors (Lipinski definition) is 3. The molecule has 0 saturated heterocycles. The van der Waals surface area contributed by atoms with Crippen molar-refractivity contribution in [3.8, 4) is 0 Å². The van der Waals surface area contributed by atoms with Crippen LogP contribution >= 0.6 is 0 Å². The van der Waals surface area contributed by atoms with Gasteiger partial charge in [0.25, 0.3) is 5.91 Å². The highest BCUT2D eigenvalue weighted by Gasteiger charge is 2.10. The van der Waals surface area contributed by atoms with Gasteiger partial charge in [0.1, 0.15) is 5.69 Å². The van der Waals surface area contributed by atoms with Crippen LogP contribution in [0.1, 0.15) is 23.0 Å². The number of carbonyl (C=O) groups is 1. The lowest BCUT2D eigenvalue weighted by molar-refractivity contribution is 0.0950. The van der Waals surface area contributed by atoms with Gasteiger partial charge in [-0.05, 0) is 6.92 Å². The third kappa shape index (κ3) is 1.62. The molecule has 0 aliphatic carbocycles. The summed E-state index contributed by atoms with van der Waals surface area (Å²) in [6.07, 6.45) is 1.56. The lowest BCUT2D eigenvalue weighted by atomic mass is 10.2. The Bertz CT molecular complexity index is 268. The van der Waals surface area contributed by atoms with Crippen LogP contribution in [0.3, 0.4) is 0 Å². The van der Waals surface area contributed by atoms with E-state index in [9.17, 15) is 4.79 Å². The maximum atomic E-state index is 11.2. The second-order valence-corrected chi connectivity index (χ2v) is 2.33. The molecule has 0 aromatic carbocycles. The lowest BCUT2D eigenvalue weighted by Crippen LogP contribution is -2.24. The van der Waals surface area contributed by atoms with Gasteiger partial charge in [0.15, 0.2) is 0 Å². The second kappa shape index (κ2) is 3.87. The molecule has 0 radical (unpaired) electrons. The highest BCUT2D eigenvalue weighted by atomic mass is 16.1. The molecule has 0 saturated carbocycles. The third-order valence-electron chi connectivity index (χ3n) is 1.50. The second-order valence-electron chi connectivity index (χ2n) is 2.33. The van der Waals surface area contributed by atoms with Crippen LogP contribution in [0.5, 0.6) is 0 Å². The average Bonchev–Trinajstić information content (AvgIpc) is 2.51. The first-order valence-corrected chi connectivity index (χ1v) is 3.80. The summed E-state index contributed by atoms with van der Waals surface area (Å²) in [4.78, 5) is 11.2. The predicted molar refractivity (Wildman–Crippen MR) is 44.5 cm³/mol. The van der Waals surface area contributed by atoms with E-state index >= 15 is 0 Å². The highest BCUT2D eigenvalue weighted by molar-refractivity contribution is 5.93. The molecule has 66 valence electrons. The van der Waals surface area contributed by atoms with E-state index in [1.807, 2.05) is 6.92 Å². The van der Waals surface area contributed by atoms with Gasteiger partial charge in [-0.2, -0.15) is 5.10 Å². The van der Waals surface area contributed by atoms with Crippen LogP contribution in [0.2, 0.25) is 0 Å². The van der Waals surface area contributed by atoms with Crippen molar-refractivity contribution in [3.63, 3.8) is 0 Å². The normalized spacial score (nSPS) is 9.83. The summed E-state index contributed by atoms with van der Waals surface area (Å²) >= 11 is 0. The van der Waals surface area contributed by atoms with Gasteiger partial charge in [-0.1, -0.05) is 0 Å². The molecule has 0 aliphatic heterocycles. The maximum absolute atomic E-state index is 11.2. The molecule has 5 heteroatoms. The first-order valence-electron chi connectivity index (χ1n) is 3.80. The average molecular weight is 168 g/mol. The summed E-state index contributed by atoms with van der Waals surface area (Å²) < 4.78 is 0. The maximum Gasteiger partial charge on any atom is 0.269 e. The summed E-state index contributed by atoms with van der Waals surface area (Å²) in [7, 11) is 0. The summed E-state index contributed by atoms with van der Waals surface area (Å²) in [6, 6.07) is 0. The van der Waals surface area contributed by atoms with Gasteiger partial charge in [0.05, 0.1) is 6.20 Å². The zero-order valence-electron chi connectivity index (χ0n) is 6.92. The van der Waals surface area contributed by atoms with E-state index in [0.29, 0.717) is 18.8 Å². The van der Waals surface area contributed by atoms with E-state index in [2.05, 4.69) is 15.5 Å². The van der Waals surface area contributed by atoms with Crippen LogP contribution in [-0.2, 0) is 6.54 Å². The van der Waals surface area contributed by atoms with E-state index < -0.39 is 0 Å². The predicted octanol–water partition coefficient (Wildman–Crippen LogP) is -0.382. The molecule has 1 amide bonds. The highest BCUT2D eigenvalue weighted by Crippen LogP contribution is 2.02. The minimum absolute atomic E-state index is 0.157. The molecule has 0 bridgehead atoms. The van der Waals surface area contributed by atoms with E-state index in [1.54, 1.807) is 6.20 Å². The number of carbonyl (C=O) groups excluding carboxylic acids is 1. The molecule has 0 atom stereocenters. The van der Waals surface area contributed by atoms with Gasteiger partial charge in [0, 0.05) is 18.7 Å². The zero-order valence-corrected chi connectivity index (χ0v) is 6.92. The topological polar surface area (TPSA) is 83.8 Å². The molecule has 1 aromatic rings. The fourth-order valence-electron chi connectivity index (χ4n) is 0.911. The summed E-state index contributed by atoms with van der Waals surface area (Å²) in [5.74, 6) is -0.157. The molecule has 1 rings (SSSR count). The number of nitrogens with one attached hydrogen (secondary N) is 2. The minimum atomic E-state index is -0.157. The van der Waals surface area contributed by atoms with Crippen molar-refractivity contribution in [2.75, 3.05) is 6.54 Å². The van der Waals surface area contributed by atoms with Crippen LogP contribution in [0.4, 0.5) is 0 Å². The third-order valence-corrected chi connectivity index (χ3v) is 1.50. The first-order chi connectivity index (χ1) is 5.79. The number of hydrogen-bond donors (Lipinski definition) is 3. The largest absolute Gasteiger partial charge is 0.351 e. The Morgan fingerprint density at radius 3 is 3.17 bits per heavy atom. The fraction of sp³-hybridized carbons (Fsp3) is 0.429. The zero-order chi connectivity index (χ0) is 8.97. The Morgan fingerprint density at radius 1 is 1.83 bits per heavy atom. The smallest absolute Gasteiger partial charge is 0.269 e. The molecule has 0 aliphatic rings. The summed E-state index contributed by atoms with van der Waals surface area (Å²) in [6.45, 7) is 2.78. The molecule has 1 heterocycles. The molecule has 5 nitrogen and oxygen atoms in total. The van der Waals surface area contributed by atoms with Crippen molar-refractivity contribution in [1.82, 2.24) is 15.5 Å². The van der Waals surface area contributed by atoms with Gasteiger partial charge < -0.3 is 11.1 Å². The standard InChI is InChI=1S/C7H12N4O/c1-2-9-7(12)6-5(3-8)4-10-11-6/h4H,2-3,8H2,1H3,(H,9,12)(H,10,11). The van der Waals surface area contributed by atoms with Crippen LogP contribution in [-0.4, -0.2) is 22.6 Å². The van der Waals surface area contributed by atoms with Gasteiger partial charge in [-0.25, -0.2) is 0 Å². The number of nitrogens with two attached hydrogens (primary N) is 1. The van der Waals surface area contributed by atoms with Crippen molar-refractivity contribution in [1.29, 1.82) is 0 Å². The van der Waals surface area contributed by atoms with Crippen LogP contribution in [0.15, 0.2) is 6.20 Å². The number of nitrogens with zero attached hydrogens (tertiary/aromatic N) is 1. The van der Waals surface area contributed by atoms with Crippen LogP contribution in [0, 0.1) is 0 Å². The number of H-pyrrole nitrogens is 1. The van der Waals surface area contributed by atoms with Crippen molar-refractivity contribution >= 4 is 5.91 Å². The van der Waals surface area contributed by atoms with E-state index in [0.717, 1.165) is 5.56 Å². The van der Waals surface area contributed by atoms with Crippen molar-refractivity contribution < 1.29 is 4.79 Å². The van der Waals surface area contributed by atoms with E-state index in [1.165, 1.54) is 0 Å². The molecular formula is C7H12N4O. The van der Waals surface area contributed by atoms with Gasteiger partial charge in [-0.3, -0.25) is 9.89 Å². The Kier molecular flexibility index (Phi) is 2.82. The number of aromatic nitrogens is 2. The Morgan fingerprint density at radius 2 is 2.58 bits per heavy atom. The minimum Gasteiger partial charge on any atom is -0.351 e. The van der Waals surface area contributed by atoms with Gasteiger partial charge in [0.2, 0.25) is 0 Å². The monoisotopic (exact) mass is 168 g/mol. The van der Waals surface area contributed by atoms with E-state index in [4.69, 9.17) is 5.73 Å².